The van der Waals surface area contributed by atoms with Crippen molar-refractivity contribution in [1.82, 2.24) is 4.98 Å². The second-order valence-electron chi connectivity index (χ2n) is 4.39. The monoisotopic (exact) mass is 363 g/mol. The van der Waals surface area contributed by atoms with Gasteiger partial charge in [-0.2, -0.15) is 13.2 Å². The Bertz CT molecular complexity index is 736. The van der Waals surface area contributed by atoms with Crippen LogP contribution in [0.25, 0.3) is 0 Å². The van der Waals surface area contributed by atoms with Gasteiger partial charge in [-0.1, -0.05) is 11.6 Å². The van der Waals surface area contributed by atoms with Crippen molar-refractivity contribution in [1.29, 1.82) is 0 Å². The molecule has 2 aromatic rings. The lowest BCUT2D eigenvalue weighted by Crippen LogP contribution is -2.25. The van der Waals surface area contributed by atoms with Crippen molar-refractivity contribution in [2.75, 3.05) is 0 Å². The van der Waals surface area contributed by atoms with Crippen LogP contribution in [-0.4, -0.2) is 27.5 Å². The molecule has 2 N–H and O–H groups in total. The van der Waals surface area contributed by atoms with E-state index in [-0.39, 0.29) is 22.4 Å². The number of carboxylic acid groups (broad SMARTS) is 1. The highest BCUT2D eigenvalue weighted by Crippen LogP contribution is 2.34. The molecule has 0 fully saturated rings. The highest BCUT2D eigenvalue weighted by Gasteiger charge is 2.31. The van der Waals surface area contributed by atoms with E-state index in [1.54, 1.807) is 0 Å². The largest absolute Gasteiger partial charge is 0.477 e. The van der Waals surface area contributed by atoms with Crippen molar-refractivity contribution in [2.24, 2.45) is 0 Å². The number of ether oxygens (including phenoxy) is 2. The summed E-state index contributed by atoms with van der Waals surface area (Å²) < 4.78 is 47.5. The summed E-state index contributed by atoms with van der Waals surface area (Å²) in [6.45, 7) is 0. The molecule has 1 unspecified atom stereocenters. The standard InChI is InChI=1S/C14H9ClF3NO5/c15-10-5-7(14(16,17)18)6-19-11(10)23-8-1-3-9(4-2-8)24-13(22)12(20)21/h1-6,13,22H,(H,20,21). The quantitative estimate of drug-likeness (QED) is 0.792. The highest BCUT2D eigenvalue weighted by molar-refractivity contribution is 6.31. The van der Waals surface area contributed by atoms with Crippen molar-refractivity contribution in [3.05, 3.63) is 47.1 Å². The zero-order valence-corrected chi connectivity index (χ0v) is 12.4. The fourth-order valence-electron chi connectivity index (χ4n) is 1.53. The first-order chi connectivity index (χ1) is 11.2. The van der Waals surface area contributed by atoms with Gasteiger partial charge in [0.1, 0.15) is 16.5 Å². The maximum Gasteiger partial charge on any atom is 0.417 e. The molecule has 24 heavy (non-hydrogen) atoms. The molecule has 0 radical (unpaired) electrons. The van der Waals surface area contributed by atoms with E-state index in [0.29, 0.717) is 12.3 Å². The fourth-order valence-corrected chi connectivity index (χ4v) is 1.74. The van der Waals surface area contributed by atoms with Gasteiger partial charge in [0.15, 0.2) is 0 Å². The van der Waals surface area contributed by atoms with E-state index in [9.17, 15) is 18.0 Å². The Balaban J connectivity index is 2.10. The van der Waals surface area contributed by atoms with E-state index in [4.69, 9.17) is 31.3 Å². The van der Waals surface area contributed by atoms with E-state index in [2.05, 4.69) is 4.98 Å². The van der Waals surface area contributed by atoms with Gasteiger partial charge in [-0.3, -0.25) is 0 Å². The Morgan fingerprint density at radius 3 is 2.29 bits per heavy atom. The predicted octanol–water partition coefficient (Wildman–Crippen LogP) is 3.33. The average Bonchev–Trinajstić information content (AvgIpc) is 2.50. The second-order valence-corrected chi connectivity index (χ2v) is 4.80. The van der Waals surface area contributed by atoms with Crippen LogP contribution in [0.2, 0.25) is 5.02 Å². The van der Waals surface area contributed by atoms with Crippen LogP contribution in [0.4, 0.5) is 13.2 Å². The Morgan fingerprint density at radius 1 is 1.21 bits per heavy atom. The first-order valence-electron chi connectivity index (χ1n) is 6.25. The third-order valence-electron chi connectivity index (χ3n) is 2.63. The molecule has 10 heteroatoms. The normalized spacial score (nSPS) is 12.5. The lowest BCUT2D eigenvalue weighted by atomic mass is 10.3. The van der Waals surface area contributed by atoms with Gasteiger partial charge in [-0.25, -0.2) is 9.78 Å². The number of halogens is 4. The number of aromatic nitrogens is 1. The summed E-state index contributed by atoms with van der Waals surface area (Å²) in [5.41, 5.74) is -1.01. The number of carboxylic acids is 1. The number of aliphatic hydroxyl groups is 1. The minimum atomic E-state index is -4.57. The maximum absolute atomic E-state index is 12.5. The molecule has 1 heterocycles. The minimum absolute atomic E-state index is 0.0451. The third-order valence-corrected chi connectivity index (χ3v) is 2.90. The number of benzene rings is 1. The summed E-state index contributed by atoms with van der Waals surface area (Å²) in [7, 11) is 0. The van der Waals surface area contributed by atoms with Gasteiger partial charge in [0, 0.05) is 6.20 Å². The van der Waals surface area contributed by atoms with Crippen LogP contribution >= 0.6 is 11.6 Å². The summed E-state index contributed by atoms with van der Waals surface area (Å²) in [4.78, 5) is 14.0. The van der Waals surface area contributed by atoms with Crippen LogP contribution in [0.1, 0.15) is 5.56 Å². The molecule has 0 bridgehead atoms. The molecule has 1 atom stereocenters. The van der Waals surface area contributed by atoms with Gasteiger partial charge in [0.2, 0.25) is 5.88 Å². The fraction of sp³-hybridized carbons (Fsp3) is 0.143. The molecule has 6 nitrogen and oxygen atoms in total. The molecule has 0 spiro atoms. The molecule has 0 amide bonds. The van der Waals surface area contributed by atoms with Crippen LogP contribution in [0.5, 0.6) is 17.4 Å². The van der Waals surface area contributed by atoms with Gasteiger partial charge in [-0.05, 0) is 30.3 Å². The molecule has 1 aromatic carbocycles. The van der Waals surface area contributed by atoms with Gasteiger partial charge in [0.25, 0.3) is 6.29 Å². The van der Waals surface area contributed by atoms with Crippen molar-refractivity contribution in [3.63, 3.8) is 0 Å². The van der Waals surface area contributed by atoms with Gasteiger partial charge in [0.05, 0.1) is 5.56 Å². The molecular formula is C14H9ClF3NO5. The lowest BCUT2D eigenvalue weighted by Gasteiger charge is -2.11. The number of aliphatic hydroxyl groups excluding tert-OH is 1. The second kappa shape index (κ2) is 6.93. The maximum atomic E-state index is 12.5. The van der Waals surface area contributed by atoms with Crippen LogP contribution < -0.4 is 9.47 Å². The van der Waals surface area contributed by atoms with Crippen LogP contribution in [0.15, 0.2) is 36.5 Å². The number of pyridine rings is 1. The van der Waals surface area contributed by atoms with Crippen LogP contribution in [-0.2, 0) is 11.0 Å². The van der Waals surface area contributed by atoms with Gasteiger partial charge in [-0.15, -0.1) is 0 Å². The number of rotatable bonds is 5. The first-order valence-corrected chi connectivity index (χ1v) is 6.63. The zero-order chi connectivity index (χ0) is 17.9. The molecule has 0 saturated heterocycles. The van der Waals surface area contributed by atoms with E-state index < -0.39 is 24.0 Å². The van der Waals surface area contributed by atoms with E-state index in [1.165, 1.54) is 24.3 Å². The van der Waals surface area contributed by atoms with E-state index in [0.717, 1.165) is 0 Å². The minimum Gasteiger partial charge on any atom is -0.477 e. The van der Waals surface area contributed by atoms with Crippen molar-refractivity contribution in [2.45, 2.75) is 12.5 Å². The number of alkyl halides is 3. The SMILES string of the molecule is O=C(O)C(O)Oc1ccc(Oc2ncc(C(F)(F)F)cc2Cl)cc1. The average molecular weight is 364 g/mol. The topological polar surface area (TPSA) is 88.9 Å². The van der Waals surface area contributed by atoms with Crippen molar-refractivity contribution in [3.8, 4) is 17.4 Å². The first kappa shape index (κ1) is 17.8. The van der Waals surface area contributed by atoms with Gasteiger partial charge < -0.3 is 19.7 Å². The van der Waals surface area contributed by atoms with Crippen LogP contribution in [0, 0.1) is 0 Å². The van der Waals surface area contributed by atoms with Gasteiger partial charge >= 0.3 is 12.1 Å². The van der Waals surface area contributed by atoms with E-state index in [1.807, 2.05) is 0 Å². The number of carbonyl (C=O) groups is 1. The molecule has 1 aromatic heterocycles. The summed E-state index contributed by atoms with van der Waals surface area (Å²) in [5, 5.41) is 17.2. The van der Waals surface area contributed by atoms with Crippen molar-refractivity contribution >= 4 is 17.6 Å². The summed E-state index contributed by atoms with van der Waals surface area (Å²) >= 11 is 5.71. The van der Waals surface area contributed by atoms with E-state index >= 15 is 0 Å². The van der Waals surface area contributed by atoms with Crippen molar-refractivity contribution < 1.29 is 37.7 Å². The Kier molecular flexibility index (Phi) is 5.15. The molecular weight excluding hydrogens is 355 g/mol. The number of hydrogen-bond acceptors (Lipinski definition) is 5. The molecule has 128 valence electrons. The Morgan fingerprint density at radius 2 is 1.79 bits per heavy atom. The Hall–Kier alpha value is -2.52. The molecule has 0 aliphatic carbocycles. The summed E-state index contributed by atoms with van der Waals surface area (Å²) in [6.07, 6.45) is -6.01. The highest BCUT2D eigenvalue weighted by atomic mass is 35.5. The molecule has 0 saturated carbocycles. The Labute approximate surface area is 138 Å². The number of hydrogen-bond donors (Lipinski definition) is 2. The van der Waals surface area contributed by atoms with Crippen LogP contribution in [0.3, 0.4) is 0 Å². The predicted molar refractivity (Wildman–Crippen MR) is 75.0 cm³/mol. The summed E-state index contributed by atoms with van der Waals surface area (Å²) in [6, 6.07) is 5.93. The third kappa shape index (κ3) is 4.49. The number of aliphatic carboxylic acids is 1. The smallest absolute Gasteiger partial charge is 0.417 e. The lowest BCUT2D eigenvalue weighted by molar-refractivity contribution is -0.162. The molecule has 2 rings (SSSR count). The molecule has 0 aliphatic rings. The zero-order valence-electron chi connectivity index (χ0n) is 11.6. The number of nitrogens with zero attached hydrogens (tertiary/aromatic N) is 1. The summed E-state index contributed by atoms with van der Waals surface area (Å²) in [5.74, 6) is -1.58. The molecule has 0 aliphatic heterocycles.